The summed E-state index contributed by atoms with van der Waals surface area (Å²) < 4.78 is 12.0. The van der Waals surface area contributed by atoms with E-state index in [1.54, 1.807) is 14.2 Å². The van der Waals surface area contributed by atoms with Crippen LogP contribution >= 0.6 is 36.1 Å². The first-order chi connectivity index (χ1) is 7.20. The maximum atomic E-state index is 5.24. The van der Waals surface area contributed by atoms with Gasteiger partial charge in [-0.3, -0.25) is 0 Å². The Hall–Kier alpha value is 1.48. The normalized spacial score (nSPS) is 11.0. The zero-order valence-electron chi connectivity index (χ0n) is 8.67. The van der Waals surface area contributed by atoms with Crippen molar-refractivity contribution in [2.24, 2.45) is 0 Å². The fraction of sp³-hybridized carbons (Fsp3) is 0.400. The summed E-state index contributed by atoms with van der Waals surface area (Å²) in [6.45, 7) is 1.43. The second-order valence-corrected chi connectivity index (χ2v) is 39.7. The third-order valence-corrected chi connectivity index (χ3v) is 14.0. The number of ether oxygens (including phenoxy) is 2. The molecule has 0 atom stereocenters. The van der Waals surface area contributed by atoms with Gasteiger partial charge in [-0.05, 0) is 0 Å². The number of rotatable bonds is 5. The predicted molar refractivity (Wildman–Crippen MR) is 81.3 cm³/mol. The number of benzene rings is 1. The standard InChI is InChI=1S/C10H13O2.Bi.2HI/c1-11-7-9-4-3-5-10(6-9)8-12-2;;;/h3-5H,7-8H2,1-2H3;;2*1H/q;+2;;/p-2. The zero-order chi connectivity index (χ0) is 11.3. The second kappa shape index (κ2) is 7.74. The van der Waals surface area contributed by atoms with Gasteiger partial charge in [0.25, 0.3) is 0 Å². The molecule has 0 fully saturated rings. The number of hydrogen-bond acceptors (Lipinski definition) is 2. The average Bonchev–Trinajstić information content (AvgIpc) is 2.18. The van der Waals surface area contributed by atoms with E-state index in [1.165, 1.54) is 14.4 Å². The van der Waals surface area contributed by atoms with Crippen molar-refractivity contribution in [2.45, 2.75) is 13.2 Å². The monoisotopic (exact) mass is 628 g/mol. The van der Waals surface area contributed by atoms with E-state index < -0.39 is 13.4 Å². The summed E-state index contributed by atoms with van der Waals surface area (Å²) in [5, 5.41) is 0. The fourth-order valence-electron chi connectivity index (χ4n) is 1.41. The first-order valence-corrected chi connectivity index (χ1v) is 25.7. The summed E-state index contributed by atoms with van der Waals surface area (Å²) in [5.41, 5.74) is 2.68. The second-order valence-electron chi connectivity index (χ2n) is 3.02. The molecule has 0 N–H and O–H groups in total. The summed E-state index contributed by atoms with van der Waals surface area (Å²) in [5.74, 6) is 0. The summed E-state index contributed by atoms with van der Waals surface area (Å²) in [4.78, 5) is 0. The molecule has 0 saturated carbocycles. The zero-order valence-corrected chi connectivity index (χ0v) is 16.5. The Labute approximate surface area is 117 Å². The summed E-state index contributed by atoms with van der Waals surface area (Å²) in [7, 11) is 3.49. The van der Waals surface area contributed by atoms with Gasteiger partial charge in [0.05, 0.1) is 0 Å². The van der Waals surface area contributed by atoms with E-state index in [0.717, 1.165) is 0 Å². The number of hydrogen-bond donors (Lipinski definition) is 0. The van der Waals surface area contributed by atoms with Crippen LogP contribution in [0.2, 0.25) is 0 Å². The van der Waals surface area contributed by atoms with Crippen molar-refractivity contribution in [2.75, 3.05) is 14.2 Å². The molecule has 0 aliphatic heterocycles. The van der Waals surface area contributed by atoms with Crippen LogP contribution in [0.3, 0.4) is 0 Å². The molecule has 1 aromatic rings. The van der Waals surface area contributed by atoms with Crippen LogP contribution in [0.15, 0.2) is 18.2 Å². The van der Waals surface area contributed by atoms with Crippen molar-refractivity contribution in [3.8, 4) is 0 Å². The van der Waals surface area contributed by atoms with Crippen molar-refractivity contribution < 1.29 is 9.47 Å². The summed E-state index contributed by atoms with van der Waals surface area (Å²) >= 11 is 3.72. The van der Waals surface area contributed by atoms with Crippen LogP contribution < -0.4 is 3.27 Å². The van der Waals surface area contributed by atoms with Crippen LogP contribution in [0, 0.1) is 0 Å². The van der Waals surface area contributed by atoms with Crippen molar-refractivity contribution in [3.05, 3.63) is 29.3 Å². The molecule has 0 spiro atoms. The van der Waals surface area contributed by atoms with E-state index in [2.05, 4.69) is 54.3 Å². The van der Waals surface area contributed by atoms with Gasteiger partial charge in [0.1, 0.15) is 0 Å². The Morgan fingerprint density at radius 3 is 1.87 bits per heavy atom. The Morgan fingerprint density at radius 2 is 1.53 bits per heavy atom. The Morgan fingerprint density at radius 1 is 1.07 bits per heavy atom. The minimum absolute atomic E-state index is 0.713. The van der Waals surface area contributed by atoms with Crippen molar-refractivity contribution in [1.82, 2.24) is 0 Å². The third kappa shape index (κ3) is 4.33. The molecule has 1 rings (SSSR count). The minimum atomic E-state index is -1.51. The first kappa shape index (κ1) is 14.5. The van der Waals surface area contributed by atoms with Gasteiger partial charge >= 0.3 is 119 Å². The molecule has 0 heterocycles. The van der Waals surface area contributed by atoms with Crippen LogP contribution in [-0.2, 0) is 22.7 Å². The van der Waals surface area contributed by atoms with Gasteiger partial charge in [0, 0.05) is 0 Å². The SMILES string of the molecule is COCc1cccc(COC)[c]1[Bi]([I])[I]. The van der Waals surface area contributed by atoms with Gasteiger partial charge in [-0.1, -0.05) is 0 Å². The molecule has 0 saturated heterocycles. The van der Waals surface area contributed by atoms with E-state index in [-0.39, 0.29) is 0 Å². The summed E-state index contributed by atoms with van der Waals surface area (Å²) in [6, 6.07) is 6.42. The maximum absolute atomic E-state index is 5.24. The van der Waals surface area contributed by atoms with Crippen LogP contribution in [0.5, 0.6) is 0 Å². The van der Waals surface area contributed by atoms with Crippen LogP contribution in [0.1, 0.15) is 11.1 Å². The molecule has 2 nitrogen and oxygen atoms in total. The van der Waals surface area contributed by atoms with Gasteiger partial charge < -0.3 is 0 Å². The molecule has 0 aliphatic rings. The van der Waals surface area contributed by atoms with Crippen LogP contribution in [-0.4, -0.2) is 27.6 Å². The molecule has 0 aliphatic carbocycles. The van der Waals surface area contributed by atoms with Gasteiger partial charge in [-0.25, -0.2) is 0 Å². The molecule has 0 unspecified atom stereocenters. The molecule has 0 bridgehead atoms. The van der Waals surface area contributed by atoms with E-state index in [1.807, 2.05) is 0 Å². The molecule has 15 heavy (non-hydrogen) atoms. The van der Waals surface area contributed by atoms with E-state index in [9.17, 15) is 0 Å². The predicted octanol–water partition coefficient (Wildman–Crippen LogP) is 2.54. The van der Waals surface area contributed by atoms with Crippen molar-refractivity contribution in [3.63, 3.8) is 0 Å². The molecule has 0 radical (unpaired) electrons. The molecule has 84 valence electrons. The van der Waals surface area contributed by atoms with Gasteiger partial charge in [-0.2, -0.15) is 0 Å². The first-order valence-electron chi connectivity index (χ1n) is 4.41. The number of methoxy groups -OCH3 is 2. The van der Waals surface area contributed by atoms with E-state index in [0.29, 0.717) is 13.2 Å². The van der Waals surface area contributed by atoms with Crippen LogP contribution in [0.4, 0.5) is 0 Å². The van der Waals surface area contributed by atoms with Gasteiger partial charge in [-0.15, -0.1) is 0 Å². The summed E-state index contributed by atoms with van der Waals surface area (Å²) in [6.07, 6.45) is 0. The van der Waals surface area contributed by atoms with Crippen molar-refractivity contribution >= 4 is 52.7 Å². The van der Waals surface area contributed by atoms with Crippen molar-refractivity contribution in [1.29, 1.82) is 0 Å². The van der Waals surface area contributed by atoms with Gasteiger partial charge in [0.2, 0.25) is 0 Å². The fourth-order valence-corrected chi connectivity index (χ4v) is 15.1. The number of halogens is 2. The van der Waals surface area contributed by atoms with E-state index >= 15 is 0 Å². The molecule has 1 aromatic carbocycles. The molecular formula is C10H13BiI2O2. The Balaban J connectivity index is 3.09. The Bertz CT molecular complexity index is 294. The molecule has 0 aromatic heterocycles. The topological polar surface area (TPSA) is 18.5 Å². The van der Waals surface area contributed by atoms with E-state index in [4.69, 9.17) is 9.47 Å². The third-order valence-electron chi connectivity index (χ3n) is 1.97. The molecule has 0 amide bonds. The van der Waals surface area contributed by atoms with Gasteiger partial charge in [0.15, 0.2) is 0 Å². The molecular weight excluding hydrogens is 615 g/mol. The quantitative estimate of drug-likeness (QED) is 0.369. The van der Waals surface area contributed by atoms with Crippen LogP contribution in [0.25, 0.3) is 0 Å². The average molecular weight is 628 g/mol. The Kier molecular flexibility index (Phi) is 7.51. The molecule has 5 heteroatoms.